The number of hydrogen-bond donors (Lipinski definition) is 0. The Morgan fingerprint density at radius 1 is 1.35 bits per heavy atom. The molecule has 124 valence electrons. The molecule has 0 spiro atoms. The van der Waals surface area contributed by atoms with Gasteiger partial charge in [0.25, 0.3) is 5.69 Å². The molecular formula is C15H19N3O5. The number of amides is 2. The Balaban J connectivity index is 1.94. The molecule has 1 fully saturated rings. The number of carbonyl (C=O) groups excluding carboxylic acids is 2. The van der Waals surface area contributed by atoms with Crippen molar-refractivity contribution in [3.05, 3.63) is 39.9 Å². The molecule has 0 aliphatic carbocycles. The molecular weight excluding hydrogens is 302 g/mol. The zero-order valence-electron chi connectivity index (χ0n) is 13.1. The summed E-state index contributed by atoms with van der Waals surface area (Å²) in [5.41, 5.74) is 0.158. The zero-order chi connectivity index (χ0) is 17.0. The number of nitro benzene ring substituents is 1. The first-order valence-electron chi connectivity index (χ1n) is 7.20. The van der Waals surface area contributed by atoms with Gasteiger partial charge < -0.3 is 9.64 Å². The largest absolute Gasteiger partial charge is 0.445 e. The molecule has 1 aliphatic heterocycles. The van der Waals surface area contributed by atoms with Crippen LogP contribution in [0.3, 0.4) is 0 Å². The van der Waals surface area contributed by atoms with E-state index >= 15 is 0 Å². The fraction of sp³-hybridized carbons (Fsp3) is 0.467. The molecule has 0 N–H and O–H groups in total. The number of hydrogen-bond acceptors (Lipinski definition) is 5. The fourth-order valence-electron chi connectivity index (χ4n) is 2.56. The van der Waals surface area contributed by atoms with E-state index in [1.54, 1.807) is 21.9 Å². The summed E-state index contributed by atoms with van der Waals surface area (Å²) in [5, 5.41) is 10.6. The molecule has 8 heteroatoms. The Kier molecular flexibility index (Phi) is 4.83. The van der Waals surface area contributed by atoms with Crippen molar-refractivity contribution in [2.24, 2.45) is 0 Å². The number of nitrogens with zero attached hydrogens (tertiary/aromatic N) is 3. The smallest absolute Gasteiger partial charge is 0.410 e. The van der Waals surface area contributed by atoms with E-state index in [0.717, 1.165) is 6.41 Å². The minimum atomic E-state index is -0.508. The van der Waals surface area contributed by atoms with Crippen LogP contribution in [0.4, 0.5) is 10.5 Å². The second kappa shape index (κ2) is 6.64. The quantitative estimate of drug-likeness (QED) is 0.479. The number of ether oxygens (including phenoxy) is 1. The molecule has 0 atom stereocenters. The van der Waals surface area contributed by atoms with E-state index in [1.807, 2.05) is 13.8 Å². The van der Waals surface area contributed by atoms with Crippen molar-refractivity contribution < 1.29 is 19.2 Å². The van der Waals surface area contributed by atoms with Gasteiger partial charge in [0.1, 0.15) is 6.61 Å². The number of benzene rings is 1. The maximum Gasteiger partial charge on any atom is 0.410 e. The Bertz CT molecular complexity index is 600. The second-order valence-electron chi connectivity index (χ2n) is 6.02. The molecule has 0 bridgehead atoms. The summed E-state index contributed by atoms with van der Waals surface area (Å²) < 4.78 is 5.28. The van der Waals surface area contributed by atoms with Crippen LogP contribution in [0.25, 0.3) is 0 Å². The van der Waals surface area contributed by atoms with Gasteiger partial charge in [-0.15, -0.1) is 0 Å². The van der Waals surface area contributed by atoms with Crippen LogP contribution in [-0.4, -0.2) is 52.4 Å². The fourth-order valence-corrected chi connectivity index (χ4v) is 2.56. The third-order valence-electron chi connectivity index (χ3n) is 3.81. The predicted octanol–water partition coefficient (Wildman–Crippen LogP) is 1.78. The second-order valence-corrected chi connectivity index (χ2v) is 6.02. The average Bonchev–Trinajstić information content (AvgIpc) is 2.51. The van der Waals surface area contributed by atoms with Gasteiger partial charge in [-0.25, -0.2) is 4.79 Å². The van der Waals surface area contributed by atoms with Crippen molar-refractivity contribution in [2.45, 2.75) is 26.0 Å². The Morgan fingerprint density at radius 3 is 2.52 bits per heavy atom. The lowest BCUT2D eigenvalue weighted by Gasteiger charge is -2.45. The molecule has 1 aromatic rings. The van der Waals surface area contributed by atoms with E-state index in [0.29, 0.717) is 25.2 Å². The summed E-state index contributed by atoms with van der Waals surface area (Å²) in [7, 11) is 0. The maximum atomic E-state index is 12.2. The van der Waals surface area contributed by atoms with Crippen molar-refractivity contribution in [3.8, 4) is 0 Å². The van der Waals surface area contributed by atoms with Gasteiger partial charge in [0.15, 0.2) is 0 Å². The minimum absolute atomic E-state index is 0.00815. The number of piperazine rings is 1. The summed E-state index contributed by atoms with van der Waals surface area (Å²) in [6.45, 7) is 5.11. The first-order chi connectivity index (χ1) is 10.8. The summed E-state index contributed by atoms with van der Waals surface area (Å²) in [4.78, 5) is 36.4. The number of rotatable bonds is 4. The van der Waals surface area contributed by atoms with Gasteiger partial charge in [0, 0.05) is 31.8 Å². The normalized spacial score (nSPS) is 16.8. The van der Waals surface area contributed by atoms with Gasteiger partial charge in [-0.3, -0.25) is 19.8 Å². The molecule has 1 saturated heterocycles. The van der Waals surface area contributed by atoms with Crippen LogP contribution in [0.2, 0.25) is 0 Å². The van der Waals surface area contributed by atoms with Gasteiger partial charge >= 0.3 is 6.09 Å². The summed E-state index contributed by atoms with van der Waals surface area (Å²) in [5.74, 6) is 0. The molecule has 0 radical (unpaired) electrons. The molecule has 8 nitrogen and oxygen atoms in total. The zero-order valence-corrected chi connectivity index (χ0v) is 13.1. The number of non-ortho nitro benzene ring substituents is 1. The third-order valence-corrected chi connectivity index (χ3v) is 3.81. The summed E-state index contributed by atoms with van der Waals surface area (Å²) in [6.07, 6.45) is 0.320. The highest BCUT2D eigenvalue weighted by Crippen LogP contribution is 2.21. The van der Waals surface area contributed by atoms with E-state index in [1.165, 1.54) is 12.1 Å². The molecule has 0 aromatic heterocycles. The molecule has 1 heterocycles. The molecule has 1 aromatic carbocycles. The standard InChI is InChI=1S/C15H19N3O5/c1-15(2)10-16(11-19)7-8-17(15)14(20)23-9-12-3-5-13(6-4-12)18(21)22/h3-6,11H,7-10H2,1-2H3. The van der Waals surface area contributed by atoms with Crippen molar-refractivity contribution in [1.29, 1.82) is 0 Å². The summed E-state index contributed by atoms with van der Waals surface area (Å²) in [6, 6.07) is 5.85. The van der Waals surface area contributed by atoms with Crippen LogP contribution < -0.4 is 0 Å². The van der Waals surface area contributed by atoms with E-state index in [4.69, 9.17) is 4.74 Å². The Labute approximate surface area is 133 Å². The molecule has 2 rings (SSSR count). The van der Waals surface area contributed by atoms with Gasteiger partial charge in [-0.2, -0.15) is 0 Å². The minimum Gasteiger partial charge on any atom is -0.445 e. The maximum absolute atomic E-state index is 12.2. The van der Waals surface area contributed by atoms with Crippen molar-refractivity contribution in [3.63, 3.8) is 0 Å². The lowest BCUT2D eigenvalue weighted by Crippen LogP contribution is -2.60. The monoisotopic (exact) mass is 321 g/mol. The first-order valence-corrected chi connectivity index (χ1v) is 7.20. The average molecular weight is 321 g/mol. The lowest BCUT2D eigenvalue weighted by atomic mass is 10.00. The van der Waals surface area contributed by atoms with Crippen LogP contribution in [0, 0.1) is 10.1 Å². The number of carbonyl (C=O) groups is 2. The molecule has 23 heavy (non-hydrogen) atoms. The van der Waals surface area contributed by atoms with Crippen LogP contribution >= 0.6 is 0 Å². The van der Waals surface area contributed by atoms with E-state index in [9.17, 15) is 19.7 Å². The highest BCUT2D eigenvalue weighted by Gasteiger charge is 2.37. The van der Waals surface area contributed by atoms with Crippen LogP contribution in [0.1, 0.15) is 19.4 Å². The van der Waals surface area contributed by atoms with Gasteiger partial charge in [0.2, 0.25) is 6.41 Å². The van der Waals surface area contributed by atoms with Gasteiger partial charge in [-0.1, -0.05) is 0 Å². The van der Waals surface area contributed by atoms with Crippen molar-refractivity contribution in [2.75, 3.05) is 19.6 Å². The molecule has 2 amide bonds. The Hall–Kier alpha value is -2.64. The topological polar surface area (TPSA) is 93.0 Å². The SMILES string of the molecule is CC1(C)CN(C=O)CCN1C(=O)OCc1ccc([N+](=O)[O-])cc1. The molecule has 0 unspecified atom stereocenters. The number of nitro groups is 1. The third kappa shape index (κ3) is 3.97. The van der Waals surface area contributed by atoms with Crippen LogP contribution in [-0.2, 0) is 16.1 Å². The van der Waals surface area contributed by atoms with Gasteiger partial charge in [-0.05, 0) is 31.5 Å². The highest BCUT2D eigenvalue weighted by molar-refractivity contribution is 5.69. The molecule has 0 saturated carbocycles. The van der Waals surface area contributed by atoms with Gasteiger partial charge in [0.05, 0.1) is 10.5 Å². The summed E-state index contributed by atoms with van der Waals surface area (Å²) >= 11 is 0. The van der Waals surface area contributed by atoms with Crippen LogP contribution in [0.15, 0.2) is 24.3 Å². The Morgan fingerprint density at radius 2 is 2.00 bits per heavy atom. The van der Waals surface area contributed by atoms with E-state index in [2.05, 4.69) is 0 Å². The predicted molar refractivity (Wildman–Crippen MR) is 81.7 cm³/mol. The van der Waals surface area contributed by atoms with Crippen molar-refractivity contribution in [1.82, 2.24) is 9.80 Å². The highest BCUT2D eigenvalue weighted by atomic mass is 16.6. The van der Waals surface area contributed by atoms with E-state index in [-0.39, 0.29) is 12.3 Å². The van der Waals surface area contributed by atoms with Crippen molar-refractivity contribution >= 4 is 18.2 Å². The first kappa shape index (κ1) is 16.7. The molecule has 1 aliphatic rings. The lowest BCUT2D eigenvalue weighted by molar-refractivity contribution is -0.384. The van der Waals surface area contributed by atoms with E-state index < -0.39 is 16.6 Å². The van der Waals surface area contributed by atoms with Crippen LogP contribution in [0.5, 0.6) is 0 Å².